The highest BCUT2D eigenvalue weighted by Gasteiger charge is 2.41. The molecule has 1 aromatic carbocycles. The number of benzene rings is 1. The first-order chi connectivity index (χ1) is 15.6. The molecule has 4 aliphatic rings. The van der Waals surface area contributed by atoms with Crippen LogP contribution < -0.4 is 4.90 Å². The van der Waals surface area contributed by atoms with Crippen LogP contribution in [0.1, 0.15) is 72.1 Å². The van der Waals surface area contributed by atoms with Gasteiger partial charge in [-0.2, -0.15) is 0 Å². The molecule has 0 radical (unpaired) electrons. The molecule has 3 fully saturated rings. The zero-order valence-corrected chi connectivity index (χ0v) is 18.8. The number of hydrogen-bond donors (Lipinski definition) is 0. The lowest BCUT2D eigenvalue weighted by molar-refractivity contribution is -0.135. The fraction of sp³-hybridized carbons (Fsp3) is 0.640. The van der Waals surface area contributed by atoms with Crippen molar-refractivity contribution in [1.82, 2.24) is 9.80 Å². The van der Waals surface area contributed by atoms with Crippen LogP contribution in [-0.2, 0) is 9.53 Å². The number of likely N-dealkylation sites (tertiary alicyclic amines) is 1. The quantitative estimate of drug-likeness (QED) is 0.675. The van der Waals surface area contributed by atoms with Crippen LogP contribution in [-0.4, -0.2) is 73.0 Å². The first kappa shape index (κ1) is 21.4. The first-order valence-electron chi connectivity index (χ1n) is 12.3. The summed E-state index contributed by atoms with van der Waals surface area (Å²) in [4.78, 5) is 45.1. The van der Waals surface area contributed by atoms with Gasteiger partial charge in [0.05, 0.1) is 35.4 Å². The van der Waals surface area contributed by atoms with Gasteiger partial charge in [0.15, 0.2) is 0 Å². The second-order valence-corrected chi connectivity index (χ2v) is 9.58. The minimum atomic E-state index is -0.225. The largest absolute Gasteiger partial charge is 0.376 e. The number of ether oxygens (including phenoxy) is 1. The molecule has 172 valence electrons. The van der Waals surface area contributed by atoms with Gasteiger partial charge in [-0.3, -0.25) is 19.3 Å². The molecule has 4 aliphatic heterocycles. The molecule has 0 N–H and O–H groups in total. The molecule has 1 aromatic rings. The molecular weight excluding hydrogens is 406 g/mol. The molecule has 32 heavy (non-hydrogen) atoms. The van der Waals surface area contributed by atoms with Gasteiger partial charge in [-0.1, -0.05) is 18.9 Å². The van der Waals surface area contributed by atoms with Crippen LogP contribution in [0.25, 0.3) is 0 Å². The summed E-state index contributed by atoms with van der Waals surface area (Å²) < 4.78 is 5.67. The fourth-order valence-corrected chi connectivity index (χ4v) is 5.68. The van der Waals surface area contributed by atoms with Crippen molar-refractivity contribution in [2.75, 3.05) is 44.2 Å². The Bertz CT molecular complexity index is 887. The van der Waals surface area contributed by atoms with E-state index in [4.69, 9.17) is 4.74 Å². The lowest BCUT2D eigenvalue weighted by Crippen LogP contribution is -2.45. The van der Waals surface area contributed by atoms with Crippen LogP contribution in [0.2, 0.25) is 0 Å². The zero-order chi connectivity index (χ0) is 22.1. The molecule has 0 unspecified atom stereocenters. The third-order valence-corrected chi connectivity index (χ3v) is 7.42. The molecule has 2 atom stereocenters. The minimum Gasteiger partial charge on any atom is -0.376 e. The summed E-state index contributed by atoms with van der Waals surface area (Å²) in [5, 5.41) is 0. The van der Waals surface area contributed by atoms with Gasteiger partial charge < -0.3 is 14.5 Å². The van der Waals surface area contributed by atoms with E-state index in [0.29, 0.717) is 30.8 Å². The van der Waals surface area contributed by atoms with Gasteiger partial charge in [-0.15, -0.1) is 0 Å². The Labute approximate surface area is 189 Å². The van der Waals surface area contributed by atoms with Crippen molar-refractivity contribution >= 4 is 23.4 Å². The Morgan fingerprint density at radius 1 is 0.938 bits per heavy atom. The van der Waals surface area contributed by atoms with E-state index in [1.807, 2.05) is 12.1 Å². The van der Waals surface area contributed by atoms with Gasteiger partial charge in [0.25, 0.3) is 11.8 Å². The number of carbonyl (C=O) groups excluding carboxylic acids is 3. The average Bonchev–Trinajstić information content (AvgIpc) is 3.30. The van der Waals surface area contributed by atoms with Gasteiger partial charge in [0.2, 0.25) is 5.91 Å². The molecule has 5 rings (SSSR count). The van der Waals surface area contributed by atoms with Crippen LogP contribution in [0.3, 0.4) is 0 Å². The van der Waals surface area contributed by atoms with Crippen molar-refractivity contribution in [2.24, 2.45) is 5.92 Å². The average molecular weight is 440 g/mol. The molecule has 0 bridgehead atoms. The number of fused-ring (bicyclic) bond motifs is 1. The molecule has 0 saturated carbocycles. The maximum absolute atomic E-state index is 13.3. The molecule has 3 saturated heterocycles. The number of rotatable bonds is 4. The molecule has 0 aromatic heterocycles. The van der Waals surface area contributed by atoms with Gasteiger partial charge in [0, 0.05) is 32.8 Å². The van der Waals surface area contributed by atoms with E-state index in [2.05, 4.69) is 9.80 Å². The highest BCUT2D eigenvalue weighted by atomic mass is 16.5. The minimum absolute atomic E-state index is 0.0482. The highest BCUT2D eigenvalue weighted by molar-refractivity contribution is 6.23. The van der Waals surface area contributed by atoms with E-state index in [1.165, 1.54) is 17.7 Å². The predicted molar refractivity (Wildman–Crippen MR) is 121 cm³/mol. The molecule has 4 heterocycles. The molecule has 3 amide bonds. The summed E-state index contributed by atoms with van der Waals surface area (Å²) in [5.41, 5.74) is 1.77. The molecule has 7 heteroatoms. The Morgan fingerprint density at radius 2 is 1.75 bits per heavy atom. The Balaban J connectivity index is 1.34. The van der Waals surface area contributed by atoms with Gasteiger partial charge in [-0.25, -0.2) is 0 Å². The molecule has 0 aliphatic carbocycles. The summed E-state index contributed by atoms with van der Waals surface area (Å²) in [6.07, 6.45) is 8.17. The van der Waals surface area contributed by atoms with Crippen LogP contribution >= 0.6 is 0 Å². The van der Waals surface area contributed by atoms with Crippen molar-refractivity contribution in [3.63, 3.8) is 0 Å². The van der Waals surface area contributed by atoms with E-state index in [0.717, 1.165) is 63.8 Å². The van der Waals surface area contributed by atoms with Crippen molar-refractivity contribution < 1.29 is 19.1 Å². The highest BCUT2D eigenvalue weighted by Crippen LogP contribution is 2.35. The van der Waals surface area contributed by atoms with Gasteiger partial charge >= 0.3 is 0 Å². The van der Waals surface area contributed by atoms with Gasteiger partial charge in [-0.05, 0) is 50.7 Å². The van der Waals surface area contributed by atoms with Crippen molar-refractivity contribution in [3.8, 4) is 0 Å². The van der Waals surface area contributed by atoms with E-state index < -0.39 is 0 Å². The lowest BCUT2D eigenvalue weighted by Gasteiger charge is -2.36. The van der Waals surface area contributed by atoms with E-state index >= 15 is 0 Å². The van der Waals surface area contributed by atoms with Crippen LogP contribution in [0.5, 0.6) is 0 Å². The number of amides is 3. The van der Waals surface area contributed by atoms with E-state index in [-0.39, 0.29) is 29.7 Å². The summed E-state index contributed by atoms with van der Waals surface area (Å²) in [6.45, 7) is 4.15. The number of nitrogens with zero attached hydrogens (tertiary/aromatic N) is 3. The summed E-state index contributed by atoms with van der Waals surface area (Å²) in [5.74, 6) is -0.242. The number of hydrogen-bond acceptors (Lipinski definition) is 5. The topological polar surface area (TPSA) is 70.2 Å². The zero-order valence-electron chi connectivity index (χ0n) is 18.8. The van der Waals surface area contributed by atoms with Crippen molar-refractivity contribution in [1.29, 1.82) is 0 Å². The van der Waals surface area contributed by atoms with Crippen LogP contribution in [0, 0.1) is 5.92 Å². The molecular formula is C25H33N3O4. The van der Waals surface area contributed by atoms with Gasteiger partial charge in [0.1, 0.15) is 0 Å². The Kier molecular flexibility index (Phi) is 6.17. The third kappa shape index (κ3) is 4.03. The third-order valence-electron chi connectivity index (χ3n) is 7.42. The maximum atomic E-state index is 13.3. The van der Waals surface area contributed by atoms with Crippen molar-refractivity contribution in [3.05, 3.63) is 29.3 Å². The normalized spacial score (nSPS) is 26.4. The van der Waals surface area contributed by atoms with Crippen molar-refractivity contribution in [2.45, 2.75) is 57.5 Å². The van der Waals surface area contributed by atoms with E-state index in [1.54, 1.807) is 6.07 Å². The Hall–Kier alpha value is -2.41. The number of imide groups is 1. The second kappa shape index (κ2) is 9.22. The number of anilines is 1. The fourth-order valence-electron chi connectivity index (χ4n) is 5.68. The smallest absolute Gasteiger partial charge is 0.263 e. The molecule has 7 nitrogen and oxygen atoms in total. The number of piperidine rings is 1. The number of carbonyl (C=O) groups is 3. The van der Waals surface area contributed by atoms with Crippen LogP contribution in [0.15, 0.2) is 18.2 Å². The monoisotopic (exact) mass is 439 g/mol. The van der Waals surface area contributed by atoms with Crippen LogP contribution in [0.4, 0.5) is 5.69 Å². The maximum Gasteiger partial charge on any atom is 0.263 e. The summed E-state index contributed by atoms with van der Waals surface area (Å²) >= 11 is 0. The predicted octanol–water partition coefficient (Wildman–Crippen LogP) is 3.08. The second-order valence-electron chi connectivity index (χ2n) is 9.58. The molecule has 0 spiro atoms. The first-order valence-corrected chi connectivity index (χ1v) is 12.3. The Morgan fingerprint density at radius 3 is 2.50 bits per heavy atom. The summed E-state index contributed by atoms with van der Waals surface area (Å²) in [6, 6.07) is 5.53. The summed E-state index contributed by atoms with van der Waals surface area (Å²) in [7, 11) is 0. The lowest BCUT2D eigenvalue weighted by atomic mass is 9.94. The SMILES string of the molecule is O=C([C@@H]1CCCN(c2cccc3c2C(=O)N(C[C@H]2CCCO2)C3=O)C1)N1CCCCCC1. The van der Waals surface area contributed by atoms with E-state index in [9.17, 15) is 14.4 Å². The standard InChI is InChI=1S/C25H33N3O4/c29-23(26-12-3-1-2-4-13-26)18-8-6-14-27(16-18)21-11-5-10-20-22(21)25(31)28(24(20)30)17-19-9-7-15-32-19/h5,10-11,18-19H,1-4,6-9,12-17H2/t18-,19-/m1/s1.